The van der Waals surface area contributed by atoms with E-state index in [0.29, 0.717) is 0 Å². The Bertz CT molecular complexity index is 356. The van der Waals surface area contributed by atoms with Gasteiger partial charge in [0.2, 0.25) is 5.76 Å². The van der Waals surface area contributed by atoms with E-state index in [-0.39, 0.29) is 5.69 Å². The zero-order valence-electron chi connectivity index (χ0n) is 7.05. The fraction of sp³-hybridized carbons (Fsp3) is 0.429. The molecule has 0 aromatic carbocycles. The summed E-state index contributed by atoms with van der Waals surface area (Å²) >= 11 is 0. The molecular formula is C7H6F3NO3. The van der Waals surface area contributed by atoms with Gasteiger partial charge >= 0.3 is 12.1 Å². The molecule has 0 aliphatic rings. The average Bonchev–Trinajstić information content (AvgIpc) is 2.30. The molecule has 0 aliphatic carbocycles. The largest absolute Gasteiger partial charge is 0.481 e. The second kappa shape index (κ2) is 3.32. The Balaban J connectivity index is 3.13. The highest BCUT2D eigenvalue weighted by molar-refractivity contribution is 5.70. The van der Waals surface area contributed by atoms with Crippen LogP contribution < -0.4 is 0 Å². The predicted molar refractivity (Wildman–Crippen MR) is 37.6 cm³/mol. The Morgan fingerprint density at radius 3 is 2.57 bits per heavy atom. The number of carboxylic acids is 1. The maximum absolute atomic E-state index is 12.2. The van der Waals surface area contributed by atoms with E-state index >= 15 is 0 Å². The molecule has 0 aliphatic heterocycles. The van der Waals surface area contributed by atoms with Gasteiger partial charge in [0.15, 0.2) is 0 Å². The Kier molecular flexibility index (Phi) is 2.50. The van der Waals surface area contributed by atoms with Crippen LogP contribution in [0.4, 0.5) is 13.2 Å². The summed E-state index contributed by atoms with van der Waals surface area (Å²) in [6.07, 6.45) is -5.45. The number of aryl methyl sites for hydroxylation is 1. The third-order valence-corrected chi connectivity index (χ3v) is 1.57. The average molecular weight is 209 g/mol. The van der Waals surface area contributed by atoms with Crippen LogP contribution in [0.2, 0.25) is 0 Å². The van der Waals surface area contributed by atoms with Gasteiger partial charge < -0.3 is 9.63 Å². The number of carbonyl (C=O) groups is 1. The highest BCUT2D eigenvalue weighted by Crippen LogP contribution is 2.33. The lowest BCUT2D eigenvalue weighted by molar-refractivity contribution is -0.156. The van der Waals surface area contributed by atoms with Crippen molar-refractivity contribution in [3.05, 3.63) is 17.0 Å². The van der Waals surface area contributed by atoms with Gasteiger partial charge in [0, 0.05) is 5.56 Å². The first-order valence-electron chi connectivity index (χ1n) is 3.56. The zero-order valence-corrected chi connectivity index (χ0v) is 7.05. The number of alkyl halides is 3. The predicted octanol–water partition coefficient (Wildman–Crippen LogP) is 1.63. The Hall–Kier alpha value is -1.53. The first kappa shape index (κ1) is 10.6. The topological polar surface area (TPSA) is 63.3 Å². The molecule has 0 spiro atoms. The molecule has 4 nitrogen and oxygen atoms in total. The summed E-state index contributed by atoms with van der Waals surface area (Å²) in [5.74, 6) is -2.70. The minimum atomic E-state index is -4.70. The van der Waals surface area contributed by atoms with Crippen LogP contribution in [-0.4, -0.2) is 16.2 Å². The monoisotopic (exact) mass is 209 g/mol. The Labute approximate surface area is 76.3 Å². The van der Waals surface area contributed by atoms with Crippen molar-refractivity contribution in [2.45, 2.75) is 19.5 Å². The highest BCUT2D eigenvalue weighted by Gasteiger charge is 2.40. The maximum atomic E-state index is 12.2. The van der Waals surface area contributed by atoms with E-state index in [2.05, 4.69) is 9.68 Å². The molecule has 1 N–H and O–H groups in total. The second-order valence-electron chi connectivity index (χ2n) is 2.64. The zero-order chi connectivity index (χ0) is 10.9. The second-order valence-corrected chi connectivity index (χ2v) is 2.64. The molecule has 78 valence electrons. The van der Waals surface area contributed by atoms with E-state index in [0.717, 1.165) is 0 Å². The molecule has 1 rings (SSSR count). The lowest BCUT2D eigenvalue weighted by Gasteiger charge is -2.02. The molecule has 0 unspecified atom stereocenters. The first-order chi connectivity index (χ1) is 6.32. The maximum Gasteiger partial charge on any atom is 0.452 e. The van der Waals surface area contributed by atoms with E-state index in [4.69, 9.17) is 5.11 Å². The van der Waals surface area contributed by atoms with Gasteiger partial charge in [-0.15, -0.1) is 0 Å². The molecule has 0 radical (unpaired) electrons. The highest BCUT2D eigenvalue weighted by atomic mass is 19.4. The van der Waals surface area contributed by atoms with Gasteiger partial charge in [-0.05, 0) is 6.92 Å². The number of nitrogens with zero attached hydrogens (tertiary/aromatic N) is 1. The molecular weight excluding hydrogens is 203 g/mol. The molecule has 0 saturated carbocycles. The lowest BCUT2D eigenvalue weighted by atomic mass is 10.1. The van der Waals surface area contributed by atoms with Gasteiger partial charge in [-0.1, -0.05) is 5.16 Å². The summed E-state index contributed by atoms with van der Waals surface area (Å²) in [6.45, 7) is 1.26. The standard InChI is InChI=1S/C7H6F3NO3/c1-3-4(2-5(12)13)6(14-11-3)7(8,9)10/h2H2,1H3,(H,12,13). The van der Waals surface area contributed by atoms with Crippen molar-refractivity contribution in [1.29, 1.82) is 0 Å². The normalized spacial score (nSPS) is 11.7. The van der Waals surface area contributed by atoms with Gasteiger partial charge in [-0.25, -0.2) is 0 Å². The van der Waals surface area contributed by atoms with Crippen LogP contribution in [0, 0.1) is 6.92 Å². The summed E-state index contributed by atoms with van der Waals surface area (Å²) in [7, 11) is 0. The number of hydrogen-bond acceptors (Lipinski definition) is 3. The van der Waals surface area contributed by atoms with Gasteiger partial charge in [0.05, 0.1) is 12.1 Å². The van der Waals surface area contributed by atoms with E-state index < -0.39 is 29.9 Å². The summed E-state index contributed by atoms with van der Waals surface area (Å²) in [5, 5.41) is 11.4. The van der Waals surface area contributed by atoms with E-state index in [1.807, 2.05) is 0 Å². The van der Waals surface area contributed by atoms with Gasteiger partial charge in [-0.2, -0.15) is 13.2 Å². The van der Waals surface area contributed by atoms with Crippen LogP contribution >= 0.6 is 0 Å². The number of carboxylic acid groups (broad SMARTS) is 1. The molecule has 0 atom stereocenters. The number of rotatable bonds is 2. The number of hydrogen-bond donors (Lipinski definition) is 1. The van der Waals surface area contributed by atoms with Gasteiger partial charge in [-0.3, -0.25) is 4.79 Å². The fourth-order valence-electron chi connectivity index (χ4n) is 0.971. The van der Waals surface area contributed by atoms with Crippen LogP contribution in [0.15, 0.2) is 4.52 Å². The van der Waals surface area contributed by atoms with Crippen LogP contribution in [0.3, 0.4) is 0 Å². The molecule has 0 fully saturated rings. The van der Waals surface area contributed by atoms with Gasteiger partial charge in [0.25, 0.3) is 0 Å². The van der Waals surface area contributed by atoms with E-state index in [1.54, 1.807) is 0 Å². The molecule has 1 aromatic rings. The van der Waals surface area contributed by atoms with E-state index in [1.165, 1.54) is 6.92 Å². The van der Waals surface area contributed by atoms with Crippen molar-refractivity contribution in [1.82, 2.24) is 5.16 Å². The molecule has 7 heteroatoms. The summed E-state index contributed by atoms with van der Waals surface area (Å²) in [6, 6.07) is 0. The van der Waals surface area contributed by atoms with Gasteiger partial charge in [0.1, 0.15) is 0 Å². The molecule has 14 heavy (non-hydrogen) atoms. The van der Waals surface area contributed by atoms with Crippen LogP contribution in [0.25, 0.3) is 0 Å². The van der Waals surface area contributed by atoms with Crippen molar-refractivity contribution in [2.75, 3.05) is 0 Å². The number of aliphatic carboxylic acids is 1. The van der Waals surface area contributed by atoms with Crippen molar-refractivity contribution >= 4 is 5.97 Å². The molecule has 0 bridgehead atoms. The van der Waals surface area contributed by atoms with Crippen LogP contribution in [0.5, 0.6) is 0 Å². The lowest BCUT2D eigenvalue weighted by Crippen LogP contribution is -2.10. The SMILES string of the molecule is Cc1noc(C(F)(F)F)c1CC(=O)O. The van der Waals surface area contributed by atoms with Crippen molar-refractivity contribution in [3.8, 4) is 0 Å². The Morgan fingerprint density at radius 2 is 2.14 bits per heavy atom. The number of halogens is 3. The molecule has 0 amide bonds. The summed E-state index contributed by atoms with van der Waals surface area (Å²) in [4.78, 5) is 10.3. The van der Waals surface area contributed by atoms with E-state index in [9.17, 15) is 18.0 Å². The smallest absolute Gasteiger partial charge is 0.452 e. The fourth-order valence-corrected chi connectivity index (χ4v) is 0.971. The van der Waals surface area contributed by atoms with Crippen molar-refractivity contribution in [3.63, 3.8) is 0 Å². The van der Waals surface area contributed by atoms with Crippen LogP contribution in [-0.2, 0) is 17.4 Å². The third-order valence-electron chi connectivity index (χ3n) is 1.57. The minimum absolute atomic E-state index is 0.0558. The van der Waals surface area contributed by atoms with Crippen molar-refractivity contribution < 1.29 is 27.6 Å². The quantitative estimate of drug-likeness (QED) is 0.803. The number of aromatic nitrogens is 1. The summed E-state index contributed by atoms with van der Waals surface area (Å²) in [5.41, 5.74) is -0.482. The molecule has 1 heterocycles. The first-order valence-corrected chi connectivity index (χ1v) is 3.56. The third kappa shape index (κ3) is 2.04. The summed E-state index contributed by atoms with van der Waals surface area (Å²) < 4.78 is 40.6. The minimum Gasteiger partial charge on any atom is -0.481 e. The van der Waals surface area contributed by atoms with Crippen LogP contribution in [0.1, 0.15) is 17.0 Å². The van der Waals surface area contributed by atoms with Crippen molar-refractivity contribution in [2.24, 2.45) is 0 Å². The molecule has 1 aromatic heterocycles. The Morgan fingerprint density at radius 1 is 1.57 bits per heavy atom. The molecule has 0 saturated heterocycles.